The van der Waals surface area contributed by atoms with E-state index in [0.29, 0.717) is 16.6 Å². The van der Waals surface area contributed by atoms with E-state index in [1.165, 1.54) is 41.7 Å². The molecule has 1 N–H and O–H groups in total. The number of hydrogen-bond acceptors (Lipinski definition) is 8. The lowest BCUT2D eigenvalue weighted by molar-refractivity contribution is 0.0279. The zero-order valence-corrected chi connectivity index (χ0v) is 18.9. The molecule has 32 heavy (non-hydrogen) atoms. The molecule has 0 saturated carbocycles. The molecule has 0 aliphatic heterocycles. The number of carbonyl (C=O) groups excluding carboxylic acids is 1. The van der Waals surface area contributed by atoms with Gasteiger partial charge < -0.3 is 9.15 Å². The van der Waals surface area contributed by atoms with Gasteiger partial charge in [0.15, 0.2) is 6.10 Å². The van der Waals surface area contributed by atoms with E-state index in [1.54, 1.807) is 25.1 Å². The fourth-order valence-electron chi connectivity index (χ4n) is 2.73. The molecule has 164 valence electrons. The molecule has 1 atom stereocenters. The Morgan fingerprint density at radius 1 is 1.12 bits per heavy atom. The van der Waals surface area contributed by atoms with Crippen molar-refractivity contribution < 1.29 is 22.4 Å². The van der Waals surface area contributed by atoms with Gasteiger partial charge in [-0.2, -0.15) is 0 Å². The number of ether oxygens (including phenoxy) is 1. The van der Waals surface area contributed by atoms with Gasteiger partial charge in [-0.15, -0.1) is 21.5 Å². The molecule has 0 fully saturated rings. The number of thiophene rings is 1. The van der Waals surface area contributed by atoms with Crippen LogP contribution in [0.1, 0.15) is 29.3 Å². The summed E-state index contributed by atoms with van der Waals surface area (Å²) < 4.78 is 38.8. The van der Waals surface area contributed by atoms with Crippen molar-refractivity contribution in [1.82, 2.24) is 10.2 Å². The van der Waals surface area contributed by atoms with Crippen LogP contribution < -0.4 is 4.72 Å². The number of halogens is 1. The molecule has 11 heteroatoms. The van der Waals surface area contributed by atoms with Gasteiger partial charge >= 0.3 is 5.97 Å². The van der Waals surface area contributed by atoms with Crippen molar-refractivity contribution in [2.45, 2.75) is 17.9 Å². The highest BCUT2D eigenvalue weighted by molar-refractivity contribution is 7.92. The van der Waals surface area contributed by atoms with Gasteiger partial charge in [0, 0.05) is 5.02 Å². The normalized spacial score (nSPS) is 12.3. The predicted molar refractivity (Wildman–Crippen MR) is 120 cm³/mol. The average molecular weight is 490 g/mol. The van der Waals surface area contributed by atoms with Gasteiger partial charge in [0.25, 0.3) is 21.8 Å². The van der Waals surface area contributed by atoms with Crippen molar-refractivity contribution in [3.8, 4) is 10.8 Å². The summed E-state index contributed by atoms with van der Waals surface area (Å²) in [5, 5.41) is 10.2. The average Bonchev–Trinajstić information content (AvgIpc) is 3.45. The molecule has 0 amide bonds. The Morgan fingerprint density at radius 2 is 1.94 bits per heavy atom. The van der Waals surface area contributed by atoms with Crippen LogP contribution in [0, 0.1) is 0 Å². The quantitative estimate of drug-likeness (QED) is 0.356. The van der Waals surface area contributed by atoms with E-state index in [9.17, 15) is 13.2 Å². The zero-order valence-electron chi connectivity index (χ0n) is 16.6. The second kappa shape index (κ2) is 9.11. The van der Waals surface area contributed by atoms with Gasteiger partial charge in [-0.05, 0) is 54.8 Å². The highest BCUT2D eigenvalue weighted by Crippen LogP contribution is 2.26. The summed E-state index contributed by atoms with van der Waals surface area (Å²) in [5.41, 5.74) is 0.362. The largest absolute Gasteiger partial charge is 0.449 e. The van der Waals surface area contributed by atoms with Crippen LogP contribution in [-0.2, 0) is 14.8 Å². The second-order valence-electron chi connectivity index (χ2n) is 6.61. The van der Waals surface area contributed by atoms with Crippen LogP contribution >= 0.6 is 22.9 Å². The van der Waals surface area contributed by atoms with E-state index < -0.39 is 22.1 Å². The number of carbonyl (C=O) groups is 1. The maximum Gasteiger partial charge on any atom is 0.338 e. The lowest BCUT2D eigenvalue weighted by Gasteiger charge is -2.11. The molecule has 2 aromatic carbocycles. The van der Waals surface area contributed by atoms with Crippen LogP contribution in [0.25, 0.3) is 10.8 Å². The number of benzene rings is 2. The molecule has 0 radical (unpaired) electrons. The molecule has 0 spiro atoms. The van der Waals surface area contributed by atoms with Crippen molar-refractivity contribution >= 4 is 44.6 Å². The van der Waals surface area contributed by atoms with Crippen LogP contribution in [0.4, 0.5) is 5.69 Å². The van der Waals surface area contributed by atoms with Gasteiger partial charge in [0.05, 0.1) is 21.0 Å². The lowest BCUT2D eigenvalue weighted by atomic mass is 10.2. The number of hydrogen-bond donors (Lipinski definition) is 1. The number of sulfonamides is 1. The van der Waals surface area contributed by atoms with Crippen LogP contribution in [-0.4, -0.2) is 24.6 Å². The van der Waals surface area contributed by atoms with Crippen molar-refractivity contribution in [1.29, 1.82) is 0 Å². The Balaban J connectivity index is 1.48. The number of aromatic nitrogens is 2. The molecule has 0 saturated heterocycles. The molecule has 0 aliphatic carbocycles. The molecule has 4 rings (SSSR count). The van der Waals surface area contributed by atoms with Gasteiger partial charge in [0.1, 0.15) is 0 Å². The SMILES string of the molecule is CC(OC(=O)c1cccc(S(=O)(=O)Nc2cccc(Cl)c2)c1)c1nnc(-c2cccs2)o1. The lowest BCUT2D eigenvalue weighted by Crippen LogP contribution is -2.15. The third-order valence-corrected chi connectivity index (χ3v) is 6.73. The summed E-state index contributed by atoms with van der Waals surface area (Å²) in [6.45, 7) is 1.59. The Bertz CT molecular complexity index is 1350. The molecular formula is C21H16ClN3O5S2. The highest BCUT2D eigenvalue weighted by Gasteiger charge is 2.22. The highest BCUT2D eigenvalue weighted by atomic mass is 35.5. The number of nitrogens with one attached hydrogen (secondary N) is 1. The monoisotopic (exact) mass is 489 g/mol. The molecule has 2 aromatic heterocycles. The molecule has 2 heterocycles. The molecule has 0 aliphatic rings. The molecule has 8 nitrogen and oxygen atoms in total. The standard InChI is InChI=1S/C21H16ClN3O5S2/c1-13(19-23-24-20(30-19)18-9-4-10-31-18)29-21(26)14-5-2-8-17(11-14)32(27,28)25-16-7-3-6-15(22)12-16/h2-13,25H,1H3. The number of rotatable bonds is 7. The summed E-state index contributed by atoms with van der Waals surface area (Å²) >= 11 is 7.35. The smallest absolute Gasteiger partial charge is 0.338 e. The summed E-state index contributed by atoms with van der Waals surface area (Å²) in [6, 6.07) is 15.5. The maximum atomic E-state index is 12.7. The molecule has 0 bridgehead atoms. The Kier molecular flexibility index (Phi) is 6.26. The first-order valence-electron chi connectivity index (χ1n) is 9.28. The third-order valence-electron chi connectivity index (χ3n) is 4.26. The van der Waals surface area contributed by atoms with Crippen molar-refractivity contribution in [2.24, 2.45) is 0 Å². The number of anilines is 1. The summed E-state index contributed by atoms with van der Waals surface area (Å²) in [4.78, 5) is 13.3. The summed E-state index contributed by atoms with van der Waals surface area (Å²) in [5.74, 6) is -0.264. The van der Waals surface area contributed by atoms with E-state index in [4.69, 9.17) is 20.8 Å². The van der Waals surface area contributed by atoms with Crippen LogP contribution in [0.2, 0.25) is 5.02 Å². The van der Waals surface area contributed by atoms with Crippen molar-refractivity contribution in [3.63, 3.8) is 0 Å². The van der Waals surface area contributed by atoms with Crippen LogP contribution in [0.3, 0.4) is 0 Å². The molecule has 4 aromatic rings. The minimum Gasteiger partial charge on any atom is -0.449 e. The van der Waals surface area contributed by atoms with Gasteiger partial charge in [-0.25, -0.2) is 13.2 Å². The molecule has 1 unspecified atom stereocenters. The molecular weight excluding hydrogens is 474 g/mol. The Hall–Kier alpha value is -3.21. The van der Waals surface area contributed by atoms with E-state index in [2.05, 4.69) is 14.9 Å². The minimum atomic E-state index is -3.94. The van der Waals surface area contributed by atoms with Gasteiger partial charge in [-0.3, -0.25) is 4.72 Å². The van der Waals surface area contributed by atoms with Crippen molar-refractivity contribution in [3.05, 3.63) is 82.5 Å². The number of esters is 1. The van der Waals surface area contributed by atoms with Crippen molar-refractivity contribution in [2.75, 3.05) is 4.72 Å². The summed E-state index contributed by atoms with van der Waals surface area (Å²) in [7, 11) is -3.94. The second-order valence-corrected chi connectivity index (χ2v) is 9.68. The fourth-order valence-corrected chi connectivity index (χ4v) is 4.66. The Morgan fingerprint density at radius 3 is 2.69 bits per heavy atom. The van der Waals surface area contributed by atoms with E-state index in [0.717, 1.165) is 4.88 Å². The third kappa shape index (κ3) is 4.98. The zero-order chi connectivity index (χ0) is 22.7. The first-order valence-corrected chi connectivity index (χ1v) is 12.0. The predicted octanol–water partition coefficient (Wildman–Crippen LogP) is 5.17. The van der Waals surface area contributed by atoms with E-state index in [-0.39, 0.29) is 16.3 Å². The first-order chi connectivity index (χ1) is 15.3. The maximum absolute atomic E-state index is 12.7. The number of nitrogens with zero attached hydrogens (tertiary/aromatic N) is 2. The first kappa shape index (κ1) is 22.0. The Labute approximate surface area is 192 Å². The van der Waals surface area contributed by atoms with Crippen LogP contribution in [0.15, 0.2) is 75.4 Å². The van der Waals surface area contributed by atoms with Crippen LogP contribution in [0.5, 0.6) is 0 Å². The van der Waals surface area contributed by atoms with Gasteiger partial charge in [-0.1, -0.05) is 29.8 Å². The van der Waals surface area contributed by atoms with Gasteiger partial charge in [0.2, 0.25) is 0 Å². The van der Waals surface area contributed by atoms with E-state index >= 15 is 0 Å². The minimum absolute atomic E-state index is 0.0591. The van der Waals surface area contributed by atoms with E-state index in [1.807, 2.05) is 17.5 Å². The summed E-state index contributed by atoms with van der Waals surface area (Å²) in [6.07, 6.45) is -0.825. The fraction of sp³-hybridized carbons (Fsp3) is 0.0952. The topological polar surface area (TPSA) is 111 Å².